The Kier molecular flexibility index (Phi) is 3.29. The van der Waals surface area contributed by atoms with Gasteiger partial charge in [0.2, 0.25) is 0 Å². The van der Waals surface area contributed by atoms with Crippen molar-refractivity contribution in [2.75, 3.05) is 5.75 Å². The van der Waals surface area contributed by atoms with Crippen molar-refractivity contribution in [1.82, 2.24) is 4.98 Å². The fourth-order valence-electron chi connectivity index (χ4n) is 0.891. The average Bonchev–Trinajstić information content (AvgIpc) is 2.05. The van der Waals surface area contributed by atoms with Crippen molar-refractivity contribution in [1.29, 1.82) is 0 Å². The maximum atomic E-state index is 10.4. The Morgan fingerprint density at radius 1 is 1.67 bits per heavy atom. The van der Waals surface area contributed by atoms with E-state index < -0.39 is 0 Å². The molecule has 0 atom stereocenters. The van der Waals surface area contributed by atoms with Crippen LogP contribution in [0.25, 0.3) is 0 Å². The molecule has 64 valence electrons. The molecular weight excluding hydrogens is 170 g/mol. The van der Waals surface area contributed by atoms with Crippen molar-refractivity contribution < 1.29 is 4.79 Å². The third kappa shape index (κ3) is 2.08. The summed E-state index contributed by atoms with van der Waals surface area (Å²) in [6.45, 7) is 4.00. The summed E-state index contributed by atoms with van der Waals surface area (Å²) in [5.41, 5.74) is 1.67. The predicted molar refractivity (Wildman–Crippen MR) is 50.8 cm³/mol. The summed E-state index contributed by atoms with van der Waals surface area (Å²) in [5.74, 6) is 1.01. The molecule has 0 aromatic carbocycles. The van der Waals surface area contributed by atoms with Gasteiger partial charge in [-0.25, -0.2) is 4.98 Å². The maximum absolute atomic E-state index is 10.4. The maximum Gasteiger partial charge on any atom is 0.151 e. The third-order valence-electron chi connectivity index (χ3n) is 1.55. The van der Waals surface area contributed by atoms with Gasteiger partial charge in [0.1, 0.15) is 0 Å². The van der Waals surface area contributed by atoms with Gasteiger partial charge in [-0.15, -0.1) is 11.8 Å². The van der Waals surface area contributed by atoms with Gasteiger partial charge >= 0.3 is 0 Å². The highest BCUT2D eigenvalue weighted by atomic mass is 32.2. The van der Waals surface area contributed by atoms with Crippen molar-refractivity contribution in [3.63, 3.8) is 0 Å². The lowest BCUT2D eigenvalue weighted by molar-refractivity contribution is 0.112. The Balaban J connectivity index is 2.93. The number of aldehydes is 1. The molecule has 0 unspecified atom stereocenters. The van der Waals surface area contributed by atoms with E-state index in [1.807, 2.05) is 13.0 Å². The molecular formula is C9H11NOS. The van der Waals surface area contributed by atoms with Crippen molar-refractivity contribution >= 4 is 18.0 Å². The van der Waals surface area contributed by atoms with Crippen LogP contribution in [0.5, 0.6) is 0 Å². The number of rotatable bonds is 3. The molecule has 1 aromatic rings. The van der Waals surface area contributed by atoms with E-state index in [-0.39, 0.29) is 0 Å². The van der Waals surface area contributed by atoms with Crippen LogP contribution in [0.15, 0.2) is 17.3 Å². The predicted octanol–water partition coefficient (Wildman–Crippen LogP) is 2.31. The number of nitrogens with zero attached hydrogens (tertiary/aromatic N) is 1. The molecule has 1 heterocycles. The van der Waals surface area contributed by atoms with Crippen LogP contribution < -0.4 is 0 Å². The van der Waals surface area contributed by atoms with E-state index in [9.17, 15) is 4.79 Å². The highest BCUT2D eigenvalue weighted by Gasteiger charge is 1.99. The number of carbonyl (C=O) groups is 1. The van der Waals surface area contributed by atoms with Crippen LogP contribution in [0.4, 0.5) is 0 Å². The zero-order valence-electron chi connectivity index (χ0n) is 7.20. The second-order valence-corrected chi connectivity index (χ2v) is 3.71. The fourth-order valence-corrected chi connectivity index (χ4v) is 1.57. The summed E-state index contributed by atoms with van der Waals surface area (Å²) >= 11 is 1.68. The first-order valence-corrected chi connectivity index (χ1v) is 4.81. The van der Waals surface area contributed by atoms with Crippen molar-refractivity contribution in [3.8, 4) is 0 Å². The summed E-state index contributed by atoms with van der Waals surface area (Å²) in [7, 11) is 0. The number of pyridine rings is 1. The van der Waals surface area contributed by atoms with Gasteiger partial charge in [-0.2, -0.15) is 0 Å². The molecule has 0 fully saturated rings. The van der Waals surface area contributed by atoms with E-state index >= 15 is 0 Å². The van der Waals surface area contributed by atoms with Gasteiger partial charge in [0.05, 0.1) is 5.03 Å². The van der Waals surface area contributed by atoms with Gasteiger partial charge in [-0.05, 0) is 24.3 Å². The van der Waals surface area contributed by atoms with Crippen LogP contribution in [0.1, 0.15) is 22.8 Å². The topological polar surface area (TPSA) is 30.0 Å². The first-order valence-electron chi connectivity index (χ1n) is 3.82. The van der Waals surface area contributed by atoms with E-state index in [1.165, 1.54) is 0 Å². The van der Waals surface area contributed by atoms with Gasteiger partial charge in [0.15, 0.2) is 6.29 Å². The van der Waals surface area contributed by atoms with Crippen LogP contribution in [0.2, 0.25) is 0 Å². The van der Waals surface area contributed by atoms with Crippen LogP contribution in [0.3, 0.4) is 0 Å². The second kappa shape index (κ2) is 4.26. The fraction of sp³-hybridized carbons (Fsp3) is 0.333. The Bertz CT molecular complexity index is 286. The van der Waals surface area contributed by atoms with Crippen molar-refractivity contribution in [2.45, 2.75) is 18.9 Å². The summed E-state index contributed by atoms with van der Waals surface area (Å²) in [6.07, 6.45) is 2.46. The highest BCUT2D eigenvalue weighted by molar-refractivity contribution is 7.99. The molecule has 0 bridgehead atoms. The second-order valence-electron chi connectivity index (χ2n) is 2.43. The third-order valence-corrected chi connectivity index (χ3v) is 2.35. The van der Waals surface area contributed by atoms with E-state index in [0.29, 0.717) is 5.56 Å². The number of carbonyl (C=O) groups excluding carboxylic acids is 1. The molecule has 0 aliphatic heterocycles. The molecule has 12 heavy (non-hydrogen) atoms. The summed E-state index contributed by atoms with van der Waals surface area (Å²) < 4.78 is 0. The minimum absolute atomic E-state index is 0.676. The van der Waals surface area contributed by atoms with Gasteiger partial charge in [-0.1, -0.05) is 6.92 Å². The number of hydrogen-bond acceptors (Lipinski definition) is 3. The highest BCUT2D eigenvalue weighted by Crippen LogP contribution is 2.16. The molecule has 0 saturated heterocycles. The molecule has 0 saturated carbocycles. The summed E-state index contributed by atoms with van der Waals surface area (Å²) in [4.78, 5) is 14.6. The van der Waals surface area contributed by atoms with Gasteiger partial charge in [-0.3, -0.25) is 4.79 Å². The van der Waals surface area contributed by atoms with Gasteiger partial charge in [0.25, 0.3) is 0 Å². The Hall–Kier alpha value is -0.830. The lowest BCUT2D eigenvalue weighted by Crippen LogP contribution is -1.89. The molecule has 0 aliphatic rings. The van der Waals surface area contributed by atoms with Crippen molar-refractivity contribution in [2.24, 2.45) is 0 Å². The molecule has 0 N–H and O–H groups in total. The first kappa shape index (κ1) is 9.26. The lowest BCUT2D eigenvalue weighted by atomic mass is 10.2. The number of aromatic nitrogens is 1. The average molecular weight is 181 g/mol. The van der Waals surface area contributed by atoms with Gasteiger partial charge < -0.3 is 0 Å². The van der Waals surface area contributed by atoms with Crippen molar-refractivity contribution in [3.05, 3.63) is 23.4 Å². The Labute approximate surface area is 76.4 Å². The molecule has 0 radical (unpaired) electrons. The summed E-state index contributed by atoms with van der Waals surface area (Å²) in [5, 5.41) is 0.987. The molecule has 0 amide bonds. The monoisotopic (exact) mass is 181 g/mol. The minimum atomic E-state index is 0.676. The van der Waals surface area contributed by atoms with E-state index in [0.717, 1.165) is 22.6 Å². The molecule has 2 nitrogen and oxygen atoms in total. The quantitative estimate of drug-likeness (QED) is 0.529. The molecule has 0 spiro atoms. The van der Waals surface area contributed by atoms with E-state index in [2.05, 4.69) is 11.9 Å². The Morgan fingerprint density at radius 2 is 2.42 bits per heavy atom. The number of thioether (sulfide) groups is 1. The lowest BCUT2D eigenvalue weighted by Gasteiger charge is -2.00. The standard InChI is InChI=1S/C9H11NOS/c1-3-12-9-4-7(2)8(6-11)5-10-9/h4-6H,3H2,1-2H3. The minimum Gasteiger partial charge on any atom is -0.298 e. The van der Waals surface area contributed by atoms with E-state index in [1.54, 1.807) is 18.0 Å². The first-order chi connectivity index (χ1) is 5.77. The molecule has 0 aliphatic carbocycles. The van der Waals surface area contributed by atoms with Crippen LogP contribution >= 0.6 is 11.8 Å². The molecule has 3 heteroatoms. The van der Waals surface area contributed by atoms with Crippen LogP contribution in [-0.2, 0) is 0 Å². The summed E-state index contributed by atoms with van der Waals surface area (Å²) in [6, 6.07) is 1.94. The number of hydrogen-bond donors (Lipinski definition) is 0. The number of aryl methyl sites for hydroxylation is 1. The molecule has 1 rings (SSSR count). The smallest absolute Gasteiger partial charge is 0.151 e. The van der Waals surface area contributed by atoms with Gasteiger partial charge in [0, 0.05) is 11.8 Å². The van der Waals surface area contributed by atoms with Crippen LogP contribution in [-0.4, -0.2) is 17.0 Å². The largest absolute Gasteiger partial charge is 0.298 e. The zero-order chi connectivity index (χ0) is 8.97. The molecule has 1 aromatic heterocycles. The normalized spacial score (nSPS) is 9.83. The zero-order valence-corrected chi connectivity index (χ0v) is 8.02. The Morgan fingerprint density at radius 3 is 2.92 bits per heavy atom. The van der Waals surface area contributed by atoms with E-state index in [4.69, 9.17) is 0 Å². The SMILES string of the molecule is CCSc1cc(C)c(C=O)cn1. The van der Waals surface area contributed by atoms with Crippen LogP contribution in [0, 0.1) is 6.92 Å².